The van der Waals surface area contributed by atoms with Crippen LogP contribution < -0.4 is 5.32 Å². The molecule has 1 heterocycles. The molecule has 2 aliphatic rings. The number of hydrogen-bond acceptors (Lipinski definition) is 4. The normalized spacial score (nSPS) is 20.3. The van der Waals surface area contributed by atoms with Crippen LogP contribution in [0.5, 0.6) is 0 Å². The van der Waals surface area contributed by atoms with Crippen molar-refractivity contribution in [2.75, 3.05) is 19.7 Å². The molecule has 7 heteroatoms. The van der Waals surface area contributed by atoms with E-state index in [2.05, 4.69) is 29.6 Å². The van der Waals surface area contributed by atoms with Crippen molar-refractivity contribution < 1.29 is 24.2 Å². The molecule has 0 aromatic heterocycles. The highest BCUT2D eigenvalue weighted by Crippen LogP contribution is 2.44. The van der Waals surface area contributed by atoms with Gasteiger partial charge in [0, 0.05) is 19.0 Å². The first-order valence-corrected chi connectivity index (χ1v) is 11.3. The van der Waals surface area contributed by atoms with Gasteiger partial charge >= 0.3 is 12.1 Å². The molecule has 4 rings (SSSR count). The lowest BCUT2D eigenvalue weighted by Crippen LogP contribution is -2.51. The van der Waals surface area contributed by atoms with E-state index in [9.17, 15) is 19.5 Å². The Hall–Kier alpha value is -3.35. The van der Waals surface area contributed by atoms with Gasteiger partial charge in [0.05, 0.1) is 5.41 Å². The van der Waals surface area contributed by atoms with Gasteiger partial charge in [0.15, 0.2) is 0 Å². The van der Waals surface area contributed by atoms with Crippen LogP contribution in [0.4, 0.5) is 4.79 Å². The summed E-state index contributed by atoms with van der Waals surface area (Å²) in [5, 5.41) is 12.2. The number of carboxylic acid groups (broad SMARTS) is 1. The van der Waals surface area contributed by atoms with E-state index in [-0.39, 0.29) is 30.9 Å². The smallest absolute Gasteiger partial charge is 0.407 e. The molecule has 2 amide bonds. The summed E-state index contributed by atoms with van der Waals surface area (Å²) in [4.78, 5) is 38.8. The molecule has 174 valence electrons. The molecule has 2 N–H and O–H groups in total. The standard InChI is InChI=1S/C26H30N2O5/c1-16(2)22(23(29)28-13-12-26(3,15-28)24(30)31)27-25(32)33-14-21-19-10-6-4-8-17(19)18-9-5-7-11-20(18)21/h4-11,16,21-22H,12-15H2,1-3H3,(H,27,32)(H,30,31)/t22-,26?/m0/s1. The van der Waals surface area contributed by atoms with Crippen LogP contribution in [0.1, 0.15) is 44.2 Å². The molecule has 1 fully saturated rings. The molecule has 7 nitrogen and oxygen atoms in total. The maximum atomic E-state index is 13.1. The van der Waals surface area contributed by atoms with Gasteiger partial charge in [-0.25, -0.2) is 4.79 Å². The molecule has 1 aliphatic carbocycles. The summed E-state index contributed by atoms with van der Waals surface area (Å²) >= 11 is 0. The number of aliphatic carboxylic acids is 1. The van der Waals surface area contributed by atoms with Gasteiger partial charge in [-0.1, -0.05) is 62.4 Å². The van der Waals surface area contributed by atoms with Crippen LogP contribution in [-0.2, 0) is 14.3 Å². The highest BCUT2D eigenvalue weighted by atomic mass is 16.5. The number of fused-ring (bicyclic) bond motifs is 3. The maximum absolute atomic E-state index is 13.1. The number of ether oxygens (including phenoxy) is 1. The van der Waals surface area contributed by atoms with Crippen LogP contribution in [0.3, 0.4) is 0 Å². The molecule has 2 aromatic rings. The van der Waals surface area contributed by atoms with Gasteiger partial charge in [0.1, 0.15) is 12.6 Å². The van der Waals surface area contributed by atoms with E-state index in [0.29, 0.717) is 13.0 Å². The van der Waals surface area contributed by atoms with Crippen LogP contribution in [0.25, 0.3) is 11.1 Å². The van der Waals surface area contributed by atoms with Crippen molar-refractivity contribution in [1.29, 1.82) is 0 Å². The number of rotatable bonds is 6. The van der Waals surface area contributed by atoms with Gasteiger partial charge in [0.2, 0.25) is 5.91 Å². The zero-order valence-corrected chi connectivity index (χ0v) is 19.2. The predicted molar refractivity (Wildman–Crippen MR) is 124 cm³/mol. The summed E-state index contributed by atoms with van der Waals surface area (Å²) in [6.07, 6.45) is -0.256. The van der Waals surface area contributed by atoms with Crippen molar-refractivity contribution in [3.05, 3.63) is 59.7 Å². The molecule has 1 aliphatic heterocycles. The number of benzene rings is 2. The Kier molecular flexibility index (Phi) is 6.15. The third kappa shape index (κ3) is 4.32. The fourth-order valence-electron chi connectivity index (χ4n) is 4.80. The number of amides is 2. The number of nitrogens with one attached hydrogen (secondary N) is 1. The average molecular weight is 451 g/mol. The lowest BCUT2D eigenvalue weighted by molar-refractivity contribution is -0.147. The van der Waals surface area contributed by atoms with E-state index in [1.165, 1.54) is 4.90 Å². The van der Waals surface area contributed by atoms with Gasteiger partial charge < -0.3 is 20.1 Å². The minimum atomic E-state index is -0.957. The fourth-order valence-corrected chi connectivity index (χ4v) is 4.80. The van der Waals surface area contributed by atoms with Crippen molar-refractivity contribution in [2.45, 2.75) is 39.2 Å². The number of alkyl carbamates (subject to hydrolysis) is 1. The number of nitrogens with zero attached hydrogens (tertiary/aromatic N) is 1. The van der Waals surface area contributed by atoms with E-state index in [1.807, 2.05) is 38.1 Å². The SMILES string of the molecule is CC(C)[C@H](NC(=O)OCC1c2ccccc2-c2ccccc21)C(=O)N1CCC(C)(C(=O)O)C1. The van der Waals surface area contributed by atoms with Crippen molar-refractivity contribution in [2.24, 2.45) is 11.3 Å². The second-order valence-corrected chi connectivity index (χ2v) is 9.57. The van der Waals surface area contributed by atoms with E-state index >= 15 is 0 Å². The number of hydrogen-bond donors (Lipinski definition) is 2. The highest BCUT2D eigenvalue weighted by molar-refractivity contribution is 5.87. The third-order valence-electron chi connectivity index (χ3n) is 6.85. The third-order valence-corrected chi connectivity index (χ3v) is 6.85. The summed E-state index contributed by atoms with van der Waals surface area (Å²) in [5.41, 5.74) is 3.57. The summed E-state index contributed by atoms with van der Waals surface area (Å²) in [6.45, 7) is 6.00. The van der Waals surface area contributed by atoms with Crippen molar-refractivity contribution in [3.8, 4) is 11.1 Å². The Balaban J connectivity index is 1.42. The Morgan fingerprint density at radius 1 is 1.09 bits per heavy atom. The lowest BCUT2D eigenvalue weighted by Gasteiger charge is -2.27. The van der Waals surface area contributed by atoms with Crippen LogP contribution >= 0.6 is 0 Å². The molecule has 0 spiro atoms. The number of carboxylic acids is 1. The maximum Gasteiger partial charge on any atom is 0.407 e. The fraction of sp³-hybridized carbons (Fsp3) is 0.423. The van der Waals surface area contributed by atoms with Crippen molar-refractivity contribution in [1.82, 2.24) is 10.2 Å². The monoisotopic (exact) mass is 450 g/mol. The second-order valence-electron chi connectivity index (χ2n) is 9.57. The quantitative estimate of drug-likeness (QED) is 0.697. The van der Waals surface area contributed by atoms with E-state index < -0.39 is 23.5 Å². The average Bonchev–Trinajstić information content (AvgIpc) is 3.35. The van der Waals surface area contributed by atoms with Crippen LogP contribution in [0.15, 0.2) is 48.5 Å². The largest absolute Gasteiger partial charge is 0.481 e. The minimum Gasteiger partial charge on any atom is -0.481 e. The van der Waals surface area contributed by atoms with Crippen LogP contribution in [0, 0.1) is 11.3 Å². The second kappa shape index (κ2) is 8.89. The van der Waals surface area contributed by atoms with E-state index in [0.717, 1.165) is 22.3 Å². The van der Waals surface area contributed by atoms with E-state index in [4.69, 9.17) is 4.74 Å². The molecule has 33 heavy (non-hydrogen) atoms. The number of carbonyl (C=O) groups excluding carboxylic acids is 2. The molecule has 2 atom stereocenters. The molecule has 0 saturated carbocycles. The first kappa shape index (κ1) is 22.8. The zero-order chi connectivity index (χ0) is 23.8. The van der Waals surface area contributed by atoms with Gasteiger partial charge in [-0.05, 0) is 41.5 Å². The van der Waals surface area contributed by atoms with Gasteiger partial charge in [0.25, 0.3) is 0 Å². The molecule has 1 saturated heterocycles. The Morgan fingerprint density at radius 2 is 1.67 bits per heavy atom. The highest BCUT2D eigenvalue weighted by Gasteiger charge is 2.44. The first-order chi connectivity index (χ1) is 15.7. The van der Waals surface area contributed by atoms with Crippen molar-refractivity contribution in [3.63, 3.8) is 0 Å². The van der Waals surface area contributed by atoms with Crippen LogP contribution in [-0.4, -0.2) is 53.7 Å². The van der Waals surface area contributed by atoms with E-state index in [1.54, 1.807) is 6.92 Å². The van der Waals surface area contributed by atoms with Gasteiger partial charge in [-0.15, -0.1) is 0 Å². The molecular weight excluding hydrogens is 420 g/mol. The zero-order valence-electron chi connectivity index (χ0n) is 19.2. The molecule has 2 aromatic carbocycles. The summed E-state index contributed by atoms with van der Waals surface area (Å²) in [7, 11) is 0. The molecule has 1 unspecified atom stereocenters. The summed E-state index contributed by atoms with van der Waals surface area (Å²) < 4.78 is 5.60. The lowest BCUT2D eigenvalue weighted by atomic mass is 9.90. The van der Waals surface area contributed by atoms with Gasteiger partial charge in [-0.3, -0.25) is 9.59 Å². The minimum absolute atomic E-state index is 0.0637. The number of carbonyl (C=O) groups is 3. The summed E-state index contributed by atoms with van der Waals surface area (Å²) in [6, 6.07) is 15.4. The molecule has 0 radical (unpaired) electrons. The first-order valence-electron chi connectivity index (χ1n) is 11.3. The predicted octanol–water partition coefficient (Wildman–Crippen LogP) is 3.87. The van der Waals surface area contributed by atoms with Gasteiger partial charge in [-0.2, -0.15) is 0 Å². The Bertz CT molecular complexity index is 1040. The molecular formula is C26H30N2O5. The topological polar surface area (TPSA) is 95.9 Å². The van der Waals surface area contributed by atoms with Crippen LogP contribution in [0.2, 0.25) is 0 Å². The molecule has 0 bridgehead atoms. The Morgan fingerprint density at radius 3 is 2.18 bits per heavy atom. The number of likely N-dealkylation sites (tertiary alicyclic amines) is 1. The summed E-state index contributed by atoms with van der Waals surface area (Å²) in [5.74, 6) is -1.42. The Labute approximate surface area is 193 Å². The van der Waals surface area contributed by atoms with Crippen molar-refractivity contribution >= 4 is 18.0 Å².